The number of aliphatic hydroxyl groups is 1. The van der Waals surface area contributed by atoms with Gasteiger partial charge in [0.05, 0.1) is 16.0 Å². The molecular formula is C11H15Cl2NO2S. The van der Waals surface area contributed by atoms with Crippen molar-refractivity contribution in [2.45, 2.75) is 26.4 Å². The lowest BCUT2D eigenvalue weighted by atomic mass is 10.1. The topological polar surface area (TPSA) is 49.3 Å². The standard InChI is InChI=1S/C11H15Cl2NO2S/c1-6(2)3-7(15)5-14-11(16)8-4-9(12)17-10(8)13/h4,6-7,15H,3,5H2,1-2H3,(H,14,16). The third-order valence-electron chi connectivity index (χ3n) is 2.14. The van der Waals surface area contributed by atoms with Gasteiger partial charge in [-0.05, 0) is 18.4 Å². The maximum atomic E-state index is 11.7. The first-order valence-corrected chi connectivity index (χ1v) is 6.88. The van der Waals surface area contributed by atoms with E-state index in [1.54, 1.807) is 0 Å². The minimum atomic E-state index is -0.535. The molecule has 2 N–H and O–H groups in total. The summed E-state index contributed by atoms with van der Waals surface area (Å²) in [6.45, 7) is 4.25. The Bertz CT molecular complexity index is 393. The molecule has 0 aliphatic carbocycles. The maximum Gasteiger partial charge on any atom is 0.253 e. The van der Waals surface area contributed by atoms with Crippen LogP contribution >= 0.6 is 34.5 Å². The maximum absolute atomic E-state index is 11.7. The van der Waals surface area contributed by atoms with Crippen molar-refractivity contribution in [3.8, 4) is 0 Å². The van der Waals surface area contributed by atoms with Gasteiger partial charge in [-0.2, -0.15) is 0 Å². The summed E-state index contributed by atoms with van der Waals surface area (Å²) in [5, 5.41) is 12.3. The molecule has 0 radical (unpaired) electrons. The van der Waals surface area contributed by atoms with Crippen LogP contribution in [0.4, 0.5) is 0 Å². The van der Waals surface area contributed by atoms with Crippen molar-refractivity contribution in [1.29, 1.82) is 0 Å². The van der Waals surface area contributed by atoms with Crippen molar-refractivity contribution >= 4 is 40.4 Å². The molecule has 0 fully saturated rings. The molecule has 17 heavy (non-hydrogen) atoms. The second-order valence-corrected chi connectivity index (χ2v) is 6.52. The third-order valence-corrected chi connectivity index (χ3v) is 3.63. The Morgan fingerprint density at radius 3 is 2.65 bits per heavy atom. The van der Waals surface area contributed by atoms with Gasteiger partial charge < -0.3 is 10.4 Å². The summed E-state index contributed by atoms with van der Waals surface area (Å²) in [5.41, 5.74) is 0.360. The van der Waals surface area contributed by atoms with Crippen LogP contribution in [-0.4, -0.2) is 23.7 Å². The van der Waals surface area contributed by atoms with Crippen molar-refractivity contribution in [2.75, 3.05) is 6.54 Å². The van der Waals surface area contributed by atoms with Crippen LogP contribution in [0.15, 0.2) is 6.07 Å². The highest BCUT2D eigenvalue weighted by molar-refractivity contribution is 7.20. The van der Waals surface area contributed by atoms with Gasteiger partial charge in [-0.25, -0.2) is 0 Å². The summed E-state index contributed by atoms with van der Waals surface area (Å²) in [6.07, 6.45) is 0.116. The molecule has 0 aromatic carbocycles. The number of hydrogen-bond donors (Lipinski definition) is 2. The zero-order chi connectivity index (χ0) is 13.0. The van der Waals surface area contributed by atoms with Crippen LogP contribution in [0.1, 0.15) is 30.6 Å². The molecule has 1 rings (SSSR count). The fourth-order valence-corrected chi connectivity index (χ4v) is 2.89. The van der Waals surface area contributed by atoms with Gasteiger partial charge in [0.25, 0.3) is 5.91 Å². The average molecular weight is 296 g/mol. The van der Waals surface area contributed by atoms with Gasteiger partial charge in [-0.1, -0.05) is 37.0 Å². The summed E-state index contributed by atoms with van der Waals surface area (Å²) < 4.78 is 0.841. The Hall–Kier alpha value is -0.290. The number of carbonyl (C=O) groups is 1. The number of amides is 1. The summed E-state index contributed by atoms with van der Waals surface area (Å²) in [5.74, 6) is 0.0852. The Kier molecular flexibility index (Phi) is 5.73. The van der Waals surface area contributed by atoms with Crippen LogP contribution in [0.25, 0.3) is 0 Å². The van der Waals surface area contributed by atoms with Gasteiger partial charge in [0, 0.05) is 6.54 Å². The molecule has 0 saturated carbocycles. The first-order valence-electron chi connectivity index (χ1n) is 5.31. The molecule has 0 aliphatic rings. The summed E-state index contributed by atoms with van der Waals surface area (Å²) in [7, 11) is 0. The fourth-order valence-electron chi connectivity index (χ4n) is 1.43. The normalized spacial score (nSPS) is 12.8. The van der Waals surface area contributed by atoms with Crippen LogP contribution in [0.2, 0.25) is 8.67 Å². The van der Waals surface area contributed by atoms with E-state index in [-0.39, 0.29) is 12.5 Å². The molecule has 1 amide bonds. The van der Waals surface area contributed by atoms with E-state index < -0.39 is 6.10 Å². The molecule has 1 atom stereocenters. The zero-order valence-corrected chi connectivity index (χ0v) is 12.0. The average Bonchev–Trinajstić information content (AvgIpc) is 2.53. The minimum absolute atomic E-state index is 0.223. The summed E-state index contributed by atoms with van der Waals surface area (Å²) >= 11 is 12.7. The molecule has 0 bridgehead atoms. The first-order chi connectivity index (χ1) is 7.90. The largest absolute Gasteiger partial charge is 0.391 e. The second-order valence-electron chi connectivity index (χ2n) is 4.23. The molecule has 6 heteroatoms. The van der Waals surface area contributed by atoms with Crippen LogP contribution in [0.5, 0.6) is 0 Å². The molecular weight excluding hydrogens is 281 g/mol. The van der Waals surface area contributed by atoms with Crippen molar-refractivity contribution < 1.29 is 9.90 Å². The first kappa shape index (κ1) is 14.8. The Balaban J connectivity index is 2.47. The van der Waals surface area contributed by atoms with Crippen LogP contribution < -0.4 is 5.32 Å². The molecule has 3 nitrogen and oxygen atoms in total. The quantitative estimate of drug-likeness (QED) is 0.876. The molecule has 96 valence electrons. The molecule has 1 heterocycles. The van der Waals surface area contributed by atoms with E-state index in [2.05, 4.69) is 5.32 Å². The van der Waals surface area contributed by atoms with E-state index in [0.29, 0.717) is 26.6 Å². The summed E-state index contributed by atoms with van der Waals surface area (Å²) in [4.78, 5) is 11.7. The van der Waals surface area contributed by atoms with E-state index >= 15 is 0 Å². The van der Waals surface area contributed by atoms with Crippen molar-refractivity contribution in [3.05, 3.63) is 20.3 Å². The zero-order valence-electron chi connectivity index (χ0n) is 9.67. The number of carbonyl (C=O) groups excluding carboxylic acids is 1. The van der Waals surface area contributed by atoms with Gasteiger partial charge >= 0.3 is 0 Å². The number of hydrogen-bond acceptors (Lipinski definition) is 3. The van der Waals surface area contributed by atoms with Crippen molar-refractivity contribution in [3.63, 3.8) is 0 Å². The number of rotatable bonds is 5. The second kappa shape index (κ2) is 6.59. The van der Waals surface area contributed by atoms with E-state index in [1.165, 1.54) is 6.07 Å². The molecule has 0 saturated heterocycles. The van der Waals surface area contributed by atoms with Crippen LogP contribution in [-0.2, 0) is 0 Å². The van der Waals surface area contributed by atoms with Gasteiger partial charge in [0.1, 0.15) is 4.34 Å². The summed E-state index contributed by atoms with van der Waals surface area (Å²) in [6, 6.07) is 1.53. The van der Waals surface area contributed by atoms with Gasteiger partial charge in [-0.3, -0.25) is 4.79 Å². The van der Waals surface area contributed by atoms with E-state index in [1.807, 2.05) is 13.8 Å². The Labute approximate surface area is 115 Å². The van der Waals surface area contributed by atoms with E-state index in [9.17, 15) is 9.90 Å². The smallest absolute Gasteiger partial charge is 0.253 e. The highest BCUT2D eigenvalue weighted by Gasteiger charge is 2.15. The number of aliphatic hydroxyl groups excluding tert-OH is 1. The molecule has 1 unspecified atom stereocenters. The predicted octanol–water partition coefficient (Wildman–Crippen LogP) is 3.19. The van der Waals surface area contributed by atoms with Gasteiger partial charge in [0.2, 0.25) is 0 Å². The number of halogens is 2. The monoisotopic (exact) mass is 295 g/mol. The molecule has 0 spiro atoms. The van der Waals surface area contributed by atoms with Gasteiger partial charge in [-0.15, -0.1) is 11.3 Å². The predicted molar refractivity (Wildman–Crippen MR) is 72.1 cm³/mol. The number of thiophene rings is 1. The van der Waals surface area contributed by atoms with Gasteiger partial charge in [0.15, 0.2) is 0 Å². The Morgan fingerprint density at radius 1 is 1.53 bits per heavy atom. The lowest BCUT2D eigenvalue weighted by molar-refractivity contribution is 0.0901. The third kappa shape index (κ3) is 4.84. The van der Waals surface area contributed by atoms with Crippen molar-refractivity contribution in [2.24, 2.45) is 5.92 Å². The minimum Gasteiger partial charge on any atom is -0.391 e. The van der Waals surface area contributed by atoms with E-state index in [4.69, 9.17) is 23.2 Å². The fraction of sp³-hybridized carbons (Fsp3) is 0.545. The Morgan fingerprint density at radius 2 is 2.18 bits per heavy atom. The molecule has 0 aliphatic heterocycles. The highest BCUT2D eigenvalue weighted by Crippen LogP contribution is 2.30. The lowest BCUT2D eigenvalue weighted by Gasteiger charge is -2.13. The van der Waals surface area contributed by atoms with Crippen molar-refractivity contribution in [1.82, 2.24) is 5.32 Å². The SMILES string of the molecule is CC(C)CC(O)CNC(=O)c1cc(Cl)sc1Cl. The molecule has 1 aromatic rings. The number of nitrogens with one attached hydrogen (secondary N) is 1. The lowest BCUT2D eigenvalue weighted by Crippen LogP contribution is -2.32. The molecule has 1 aromatic heterocycles. The van der Waals surface area contributed by atoms with Crippen LogP contribution in [0.3, 0.4) is 0 Å². The van der Waals surface area contributed by atoms with E-state index in [0.717, 1.165) is 11.3 Å². The highest BCUT2D eigenvalue weighted by atomic mass is 35.5. The van der Waals surface area contributed by atoms with Crippen LogP contribution in [0, 0.1) is 5.92 Å².